The van der Waals surface area contributed by atoms with Gasteiger partial charge in [0.25, 0.3) is 0 Å². The number of fused-ring (bicyclic) bond motifs is 3. The quantitative estimate of drug-likeness (QED) is 0.296. The second-order valence-corrected chi connectivity index (χ2v) is 7.69. The molecule has 1 aliphatic rings. The van der Waals surface area contributed by atoms with Crippen LogP contribution in [0.15, 0.2) is 42.5 Å². The van der Waals surface area contributed by atoms with Crippen molar-refractivity contribution in [2.45, 2.75) is 71.8 Å². The van der Waals surface area contributed by atoms with Crippen LogP contribution < -0.4 is 0 Å². The summed E-state index contributed by atoms with van der Waals surface area (Å²) in [5.41, 5.74) is 6.44. The van der Waals surface area contributed by atoms with E-state index in [0.29, 0.717) is 6.61 Å². The smallest absolute Gasteiger partial charge is 0.309 e. The van der Waals surface area contributed by atoms with Crippen LogP contribution in [-0.2, 0) is 22.6 Å². The van der Waals surface area contributed by atoms with E-state index in [1.54, 1.807) is 0 Å². The summed E-state index contributed by atoms with van der Waals surface area (Å²) >= 11 is 0. The van der Waals surface area contributed by atoms with E-state index in [1.807, 2.05) is 0 Å². The highest BCUT2D eigenvalue weighted by molar-refractivity contribution is 5.78. The first kappa shape index (κ1) is 19.7. The summed E-state index contributed by atoms with van der Waals surface area (Å²) in [5.74, 6) is 0.0155. The molecule has 2 aromatic rings. The summed E-state index contributed by atoms with van der Waals surface area (Å²) in [6.07, 6.45) is 8.94. The van der Waals surface area contributed by atoms with Gasteiger partial charge in [-0.1, -0.05) is 88.4 Å². The molecule has 0 heterocycles. The molecular weight excluding hydrogens is 332 g/mol. The lowest BCUT2D eigenvalue weighted by atomic mass is 9.98. The molecule has 0 N–H and O–H groups in total. The maximum Gasteiger partial charge on any atom is 0.309 e. The molecule has 144 valence electrons. The van der Waals surface area contributed by atoms with Gasteiger partial charge in [-0.2, -0.15) is 0 Å². The molecule has 0 aliphatic heterocycles. The van der Waals surface area contributed by atoms with Crippen molar-refractivity contribution in [1.82, 2.24) is 0 Å². The van der Waals surface area contributed by atoms with Gasteiger partial charge in [-0.15, -0.1) is 0 Å². The Morgan fingerprint density at radius 1 is 0.963 bits per heavy atom. The van der Waals surface area contributed by atoms with Gasteiger partial charge in [0.2, 0.25) is 0 Å². The molecule has 2 aromatic carbocycles. The molecule has 0 amide bonds. The highest BCUT2D eigenvalue weighted by Gasteiger charge is 2.22. The highest BCUT2D eigenvalue weighted by atomic mass is 16.5. The Labute approximate surface area is 164 Å². The molecule has 27 heavy (non-hydrogen) atoms. The first-order chi connectivity index (χ1) is 13.2. The molecule has 1 aliphatic carbocycles. The third kappa shape index (κ3) is 4.80. The maximum absolute atomic E-state index is 12.6. The van der Waals surface area contributed by atoms with Gasteiger partial charge in [-0.05, 0) is 47.1 Å². The summed E-state index contributed by atoms with van der Waals surface area (Å²) in [6, 6.07) is 14.9. The van der Waals surface area contributed by atoms with Gasteiger partial charge in [0, 0.05) is 0 Å². The largest absolute Gasteiger partial charge is 0.461 e. The standard InChI is InChI=1S/C25H32O2/c1-3-5-6-7-8-12-19(4-2)25(26)27-18-21-14-11-16-23-22-15-10-9-13-20(22)17-24(21)23/h9-11,13-16,19H,3-8,12,17-18H2,1-2H3. The van der Waals surface area contributed by atoms with Crippen molar-refractivity contribution in [2.24, 2.45) is 5.92 Å². The number of rotatable bonds is 10. The molecular formula is C25H32O2. The lowest BCUT2D eigenvalue weighted by molar-refractivity contribution is -0.150. The molecule has 0 fully saturated rings. The number of carbonyl (C=O) groups is 1. The van der Waals surface area contributed by atoms with Crippen LogP contribution in [0.3, 0.4) is 0 Å². The van der Waals surface area contributed by atoms with Gasteiger partial charge in [0.05, 0.1) is 5.92 Å². The van der Waals surface area contributed by atoms with Crippen LogP contribution in [0.2, 0.25) is 0 Å². The van der Waals surface area contributed by atoms with E-state index < -0.39 is 0 Å². The number of hydrogen-bond acceptors (Lipinski definition) is 2. The topological polar surface area (TPSA) is 26.3 Å². The average molecular weight is 365 g/mol. The van der Waals surface area contributed by atoms with Gasteiger partial charge in [0.1, 0.15) is 6.61 Å². The number of unbranched alkanes of at least 4 members (excludes halogenated alkanes) is 4. The van der Waals surface area contributed by atoms with Crippen molar-refractivity contribution in [3.8, 4) is 11.1 Å². The molecule has 0 radical (unpaired) electrons. The van der Waals surface area contributed by atoms with Crippen LogP contribution >= 0.6 is 0 Å². The van der Waals surface area contributed by atoms with Crippen LogP contribution in [0.5, 0.6) is 0 Å². The molecule has 0 bridgehead atoms. The minimum Gasteiger partial charge on any atom is -0.461 e. The molecule has 0 saturated heterocycles. The van der Waals surface area contributed by atoms with Crippen molar-refractivity contribution in [3.05, 3.63) is 59.2 Å². The first-order valence-corrected chi connectivity index (χ1v) is 10.6. The Kier molecular flexibility index (Phi) is 7.09. The van der Waals surface area contributed by atoms with E-state index in [0.717, 1.165) is 31.2 Å². The monoisotopic (exact) mass is 364 g/mol. The fourth-order valence-corrected chi connectivity index (χ4v) is 4.11. The van der Waals surface area contributed by atoms with Gasteiger partial charge in [-0.3, -0.25) is 4.79 Å². The third-order valence-electron chi connectivity index (χ3n) is 5.80. The lowest BCUT2D eigenvalue weighted by Gasteiger charge is -2.15. The molecule has 3 rings (SSSR count). The second-order valence-electron chi connectivity index (χ2n) is 7.69. The Morgan fingerprint density at radius 2 is 1.74 bits per heavy atom. The van der Waals surface area contributed by atoms with E-state index in [-0.39, 0.29) is 11.9 Å². The predicted molar refractivity (Wildman–Crippen MR) is 112 cm³/mol. The van der Waals surface area contributed by atoms with E-state index >= 15 is 0 Å². The van der Waals surface area contributed by atoms with E-state index in [2.05, 4.69) is 56.3 Å². The van der Waals surface area contributed by atoms with Crippen molar-refractivity contribution in [2.75, 3.05) is 0 Å². The number of benzene rings is 2. The van der Waals surface area contributed by atoms with Gasteiger partial charge >= 0.3 is 5.97 Å². The van der Waals surface area contributed by atoms with E-state index in [4.69, 9.17) is 4.74 Å². The van der Waals surface area contributed by atoms with Crippen molar-refractivity contribution < 1.29 is 9.53 Å². The lowest BCUT2D eigenvalue weighted by Crippen LogP contribution is -2.17. The van der Waals surface area contributed by atoms with E-state index in [9.17, 15) is 4.79 Å². The number of hydrogen-bond donors (Lipinski definition) is 0. The minimum atomic E-state index is -0.0268. The van der Waals surface area contributed by atoms with Gasteiger partial charge in [-0.25, -0.2) is 0 Å². The van der Waals surface area contributed by atoms with Crippen molar-refractivity contribution in [1.29, 1.82) is 0 Å². The molecule has 0 aromatic heterocycles. The average Bonchev–Trinajstić information content (AvgIpc) is 3.08. The summed E-state index contributed by atoms with van der Waals surface area (Å²) < 4.78 is 5.74. The Morgan fingerprint density at radius 3 is 2.56 bits per heavy atom. The minimum absolute atomic E-state index is 0.0268. The molecule has 2 heteroatoms. The third-order valence-corrected chi connectivity index (χ3v) is 5.80. The normalized spacial score (nSPS) is 13.1. The van der Waals surface area contributed by atoms with E-state index in [1.165, 1.54) is 47.9 Å². The second kappa shape index (κ2) is 9.73. The fraction of sp³-hybridized carbons (Fsp3) is 0.480. The first-order valence-electron chi connectivity index (χ1n) is 10.6. The highest BCUT2D eigenvalue weighted by Crippen LogP contribution is 2.38. The molecule has 2 nitrogen and oxygen atoms in total. The van der Waals surface area contributed by atoms with Gasteiger partial charge < -0.3 is 4.74 Å². The fourth-order valence-electron chi connectivity index (χ4n) is 4.11. The Hall–Kier alpha value is -2.09. The number of carbonyl (C=O) groups excluding carboxylic acids is 1. The van der Waals surface area contributed by atoms with Crippen LogP contribution in [0.1, 0.15) is 75.5 Å². The summed E-state index contributed by atoms with van der Waals surface area (Å²) in [5, 5.41) is 0. The van der Waals surface area contributed by atoms with Crippen molar-refractivity contribution >= 4 is 5.97 Å². The summed E-state index contributed by atoms with van der Waals surface area (Å²) in [7, 11) is 0. The number of ether oxygens (including phenoxy) is 1. The maximum atomic E-state index is 12.6. The van der Waals surface area contributed by atoms with Crippen LogP contribution in [0, 0.1) is 5.92 Å². The SMILES string of the molecule is CCCCCCCC(CC)C(=O)OCc1cccc2c1Cc1ccccc1-2. The summed E-state index contributed by atoms with van der Waals surface area (Å²) in [4.78, 5) is 12.6. The zero-order valence-corrected chi connectivity index (χ0v) is 16.8. The number of esters is 1. The van der Waals surface area contributed by atoms with Crippen molar-refractivity contribution in [3.63, 3.8) is 0 Å². The summed E-state index contributed by atoms with van der Waals surface area (Å²) in [6.45, 7) is 4.71. The molecule has 0 saturated carbocycles. The molecule has 1 unspecified atom stereocenters. The van der Waals surface area contributed by atoms with Crippen LogP contribution in [0.25, 0.3) is 11.1 Å². The molecule has 0 spiro atoms. The zero-order chi connectivity index (χ0) is 19.1. The Bertz CT molecular complexity index is 763. The van der Waals surface area contributed by atoms with Gasteiger partial charge in [0.15, 0.2) is 0 Å². The predicted octanol–water partition coefficient (Wildman–Crippen LogP) is 6.69. The molecule has 1 atom stereocenters. The Balaban J connectivity index is 1.56. The van der Waals surface area contributed by atoms with Crippen LogP contribution in [-0.4, -0.2) is 5.97 Å². The van der Waals surface area contributed by atoms with Crippen LogP contribution in [0.4, 0.5) is 0 Å². The zero-order valence-electron chi connectivity index (χ0n) is 16.8.